The number of rotatable bonds is 3. The molecule has 2 amide bonds. The van der Waals surface area contributed by atoms with Gasteiger partial charge in [0, 0.05) is 29.3 Å². The summed E-state index contributed by atoms with van der Waals surface area (Å²) in [5, 5.41) is 6.26. The number of urea groups is 1. The lowest BCUT2D eigenvalue weighted by molar-refractivity contribution is 0.251. The van der Waals surface area contributed by atoms with Gasteiger partial charge in [0.1, 0.15) is 0 Å². The van der Waals surface area contributed by atoms with E-state index in [4.69, 9.17) is 0 Å². The maximum atomic E-state index is 13.1. The van der Waals surface area contributed by atoms with E-state index in [2.05, 4.69) is 15.6 Å². The molecule has 0 atom stereocenters. The molecule has 3 aromatic rings. The Kier molecular flexibility index (Phi) is 3.74. The Hall–Kier alpha value is -2.89. The molecule has 1 heterocycles. The monoisotopic (exact) mass is 301 g/mol. The van der Waals surface area contributed by atoms with E-state index in [1.807, 2.05) is 24.4 Å². The molecule has 0 aliphatic rings. The highest BCUT2D eigenvalue weighted by Crippen LogP contribution is 2.17. The number of hydrogen-bond acceptors (Lipinski definition) is 1. The molecule has 6 heteroatoms. The molecular weight excluding hydrogens is 288 g/mol. The first-order chi connectivity index (χ1) is 10.6. The van der Waals surface area contributed by atoms with Gasteiger partial charge in [-0.25, -0.2) is 13.6 Å². The number of fused-ring (bicyclic) bond motifs is 1. The highest BCUT2D eigenvalue weighted by molar-refractivity contribution is 5.92. The van der Waals surface area contributed by atoms with Gasteiger partial charge < -0.3 is 15.6 Å². The van der Waals surface area contributed by atoms with Crippen LogP contribution in [0.25, 0.3) is 10.9 Å². The minimum Gasteiger partial charge on any atom is -0.361 e. The summed E-state index contributed by atoms with van der Waals surface area (Å²) in [6.45, 7) is 0.107. The number of halogens is 2. The van der Waals surface area contributed by atoms with Crippen LogP contribution in [-0.2, 0) is 6.54 Å². The molecule has 0 bridgehead atoms. The third kappa shape index (κ3) is 3.06. The molecule has 0 radical (unpaired) electrons. The van der Waals surface area contributed by atoms with Crippen molar-refractivity contribution in [1.29, 1.82) is 0 Å². The normalized spacial score (nSPS) is 10.6. The van der Waals surface area contributed by atoms with Gasteiger partial charge in [0.05, 0.1) is 0 Å². The molecule has 0 saturated carbocycles. The fourth-order valence-electron chi connectivity index (χ4n) is 2.14. The Morgan fingerprint density at radius 1 is 1.05 bits per heavy atom. The highest BCUT2D eigenvalue weighted by Gasteiger charge is 2.05. The second-order valence-electron chi connectivity index (χ2n) is 4.84. The van der Waals surface area contributed by atoms with Gasteiger partial charge in [0.2, 0.25) is 0 Å². The van der Waals surface area contributed by atoms with Crippen molar-refractivity contribution in [2.75, 3.05) is 5.32 Å². The van der Waals surface area contributed by atoms with E-state index in [-0.39, 0.29) is 6.54 Å². The van der Waals surface area contributed by atoms with E-state index in [1.165, 1.54) is 6.07 Å². The van der Waals surface area contributed by atoms with Gasteiger partial charge in [-0.05, 0) is 42.0 Å². The molecule has 4 nitrogen and oxygen atoms in total. The van der Waals surface area contributed by atoms with Gasteiger partial charge in [0.15, 0.2) is 11.6 Å². The third-order valence-electron chi connectivity index (χ3n) is 3.25. The molecule has 1 aromatic heterocycles. The lowest BCUT2D eigenvalue weighted by Crippen LogP contribution is -2.28. The number of benzene rings is 2. The average Bonchev–Trinajstić information content (AvgIpc) is 2.96. The Labute approximate surface area is 125 Å². The zero-order valence-electron chi connectivity index (χ0n) is 11.5. The van der Waals surface area contributed by atoms with Crippen LogP contribution in [0.2, 0.25) is 0 Å². The summed E-state index contributed by atoms with van der Waals surface area (Å²) in [5.41, 5.74) is 2.11. The number of nitrogens with one attached hydrogen (secondary N) is 3. The lowest BCUT2D eigenvalue weighted by Gasteiger charge is -2.08. The van der Waals surface area contributed by atoms with Crippen molar-refractivity contribution in [2.24, 2.45) is 0 Å². The summed E-state index contributed by atoms with van der Waals surface area (Å²) in [6, 6.07) is 10.5. The summed E-state index contributed by atoms with van der Waals surface area (Å²) in [4.78, 5) is 14.9. The quantitative estimate of drug-likeness (QED) is 0.677. The molecule has 3 N–H and O–H groups in total. The van der Waals surface area contributed by atoms with Crippen LogP contribution in [0.4, 0.5) is 19.3 Å². The Bertz CT molecular complexity index is 829. The van der Waals surface area contributed by atoms with Gasteiger partial charge in [-0.3, -0.25) is 0 Å². The number of amides is 2. The predicted molar refractivity (Wildman–Crippen MR) is 80.5 cm³/mol. The van der Waals surface area contributed by atoms with Crippen molar-refractivity contribution in [3.8, 4) is 0 Å². The smallest absolute Gasteiger partial charge is 0.319 e. The summed E-state index contributed by atoms with van der Waals surface area (Å²) in [6.07, 6.45) is 1.82. The van der Waals surface area contributed by atoms with Crippen LogP contribution in [0.5, 0.6) is 0 Å². The SMILES string of the molecule is O=C(NCc1ccc(F)c(F)c1)Nc1ccc2[nH]ccc2c1. The Morgan fingerprint density at radius 2 is 1.91 bits per heavy atom. The molecular formula is C16H13F2N3O. The first kappa shape index (κ1) is 14.1. The van der Waals surface area contributed by atoms with Gasteiger partial charge >= 0.3 is 6.03 Å². The van der Waals surface area contributed by atoms with E-state index in [0.29, 0.717) is 11.3 Å². The van der Waals surface area contributed by atoms with Crippen LogP contribution in [0, 0.1) is 11.6 Å². The minimum atomic E-state index is -0.933. The van der Waals surface area contributed by atoms with E-state index in [1.54, 1.807) is 6.07 Å². The number of aromatic nitrogens is 1. The lowest BCUT2D eigenvalue weighted by atomic mass is 10.2. The topological polar surface area (TPSA) is 56.9 Å². The molecule has 0 saturated heterocycles. The molecule has 0 fully saturated rings. The first-order valence-corrected chi connectivity index (χ1v) is 6.68. The molecule has 0 aliphatic heterocycles. The van der Waals surface area contributed by atoms with E-state index < -0.39 is 17.7 Å². The van der Waals surface area contributed by atoms with E-state index >= 15 is 0 Å². The van der Waals surface area contributed by atoms with Crippen LogP contribution >= 0.6 is 0 Å². The third-order valence-corrected chi connectivity index (χ3v) is 3.25. The van der Waals surface area contributed by atoms with Crippen molar-refractivity contribution in [2.45, 2.75) is 6.54 Å². The van der Waals surface area contributed by atoms with Crippen molar-refractivity contribution in [3.63, 3.8) is 0 Å². The number of aromatic amines is 1. The molecule has 2 aromatic carbocycles. The van der Waals surface area contributed by atoms with Gasteiger partial charge in [-0.2, -0.15) is 0 Å². The molecule has 22 heavy (non-hydrogen) atoms. The Balaban J connectivity index is 1.60. The number of carbonyl (C=O) groups excluding carboxylic acids is 1. The summed E-state index contributed by atoms with van der Waals surface area (Å²) >= 11 is 0. The molecule has 0 spiro atoms. The standard InChI is InChI=1S/C16H13F2N3O/c17-13-3-1-10(7-14(13)18)9-20-16(22)21-12-2-4-15-11(8-12)5-6-19-15/h1-8,19H,9H2,(H2,20,21,22). The highest BCUT2D eigenvalue weighted by atomic mass is 19.2. The predicted octanol–water partition coefficient (Wildman–Crippen LogP) is 3.77. The summed E-state index contributed by atoms with van der Waals surface area (Å²) in [7, 11) is 0. The van der Waals surface area contributed by atoms with E-state index in [0.717, 1.165) is 23.0 Å². The van der Waals surface area contributed by atoms with Crippen molar-refractivity contribution in [3.05, 3.63) is 65.9 Å². The van der Waals surface area contributed by atoms with Gasteiger partial charge in [-0.15, -0.1) is 0 Å². The molecule has 0 aliphatic carbocycles. The van der Waals surface area contributed by atoms with Crippen LogP contribution < -0.4 is 10.6 Å². The second-order valence-corrected chi connectivity index (χ2v) is 4.84. The summed E-state index contributed by atoms with van der Waals surface area (Å²) in [5.74, 6) is -1.84. The second kappa shape index (κ2) is 5.85. The van der Waals surface area contributed by atoms with Crippen molar-refractivity contribution >= 4 is 22.6 Å². The van der Waals surface area contributed by atoms with Gasteiger partial charge in [-0.1, -0.05) is 6.07 Å². The summed E-state index contributed by atoms with van der Waals surface area (Å²) < 4.78 is 25.9. The minimum absolute atomic E-state index is 0.107. The number of H-pyrrole nitrogens is 1. The fraction of sp³-hybridized carbons (Fsp3) is 0.0625. The van der Waals surface area contributed by atoms with Crippen molar-refractivity contribution in [1.82, 2.24) is 10.3 Å². The van der Waals surface area contributed by atoms with Crippen LogP contribution in [-0.4, -0.2) is 11.0 Å². The van der Waals surface area contributed by atoms with Gasteiger partial charge in [0.25, 0.3) is 0 Å². The Morgan fingerprint density at radius 3 is 2.73 bits per heavy atom. The van der Waals surface area contributed by atoms with E-state index in [9.17, 15) is 13.6 Å². The van der Waals surface area contributed by atoms with Crippen LogP contribution in [0.3, 0.4) is 0 Å². The number of anilines is 1. The van der Waals surface area contributed by atoms with Crippen LogP contribution in [0.15, 0.2) is 48.7 Å². The maximum absolute atomic E-state index is 13.1. The number of carbonyl (C=O) groups is 1. The maximum Gasteiger partial charge on any atom is 0.319 e. The number of hydrogen-bond donors (Lipinski definition) is 3. The molecule has 3 rings (SSSR count). The van der Waals surface area contributed by atoms with Crippen molar-refractivity contribution < 1.29 is 13.6 Å². The fourth-order valence-corrected chi connectivity index (χ4v) is 2.14. The zero-order chi connectivity index (χ0) is 15.5. The molecule has 0 unspecified atom stereocenters. The first-order valence-electron chi connectivity index (χ1n) is 6.68. The average molecular weight is 301 g/mol. The molecule has 112 valence electrons. The largest absolute Gasteiger partial charge is 0.361 e. The van der Waals surface area contributed by atoms with Crippen LogP contribution in [0.1, 0.15) is 5.56 Å². The zero-order valence-corrected chi connectivity index (χ0v) is 11.5.